The van der Waals surface area contributed by atoms with Crippen LogP contribution in [0.1, 0.15) is 106 Å². The Kier molecular flexibility index (Phi) is 7.52. The van der Waals surface area contributed by atoms with Crippen LogP contribution in [0, 0.1) is 0 Å². The van der Waals surface area contributed by atoms with Gasteiger partial charge >= 0.3 is 0 Å². The fourth-order valence-corrected chi connectivity index (χ4v) is 4.52. The zero-order valence-electron chi connectivity index (χ0n) is 19.9. The van der Waals surface area contributed by atoms with Gasteiger partial charge in [0.2, 0.25) is 11.8 Å². The van der Waals surface area contributed by atoms with E-state index >= 15 is 0 Å². The van der Waals surface area contributed by atoms with Crippen molar-refractivity contribution in [2.24, 2.45) is 0 Å². The number of amides is 1. The topological polar surface area (TPSA) is 71.3 Å². The summed E-state index contributed by atoms with van der Waals surface area (Å²) in [7, 11) is 0. The number of carbonyl (C=O) groups is 1. The Balaban J connectivity index is 1.98. The summed E-state index contributed by atoms with van der Waals surface area (Å²) in [6.45, 7) is 18.2. The molecule has 1 aliphatic rings. The monoisotopic (exact) mass is 406 g/mol. The Morgan fingerprint density at radius 2 is 1.79 bits per heavy atom. The van der Waals surface area contributed by atoms with Gasteiger partial charge in [0.05, 0.1) is 0 Å². The molecular weight excluding hydrogens is 364 g/mol. The molecule has 0 spiro atoms. The van der Waals surface area contributed by atoms with Crippen LogP contribution >= 0.6 is 0 Å². The lowest BCUT2D eigenvalue weighted by Gasteiger charge is -2.49. The fraction of sp³-hybridized carbons (Fsp3) is 0.870. The number of aromatic nitrogens is 2. The maximum Gasteiger partial charge on any atom is 0.226 e. The largest absolute Gasteiger partial charge is 0.340 e. The van der Waals surface area contributed by atoms with Crippen LogP contribution in [0.4, 0.5) is 0 Å². The van der Waals surface area contributed by atoms with Gasteiger partial charge in [-0.2, -0.15) is 4.98 Å². The third kappa shape index (κ3) is 7.09. The molecule has 2 heterocycles. The van der Waals surface area contributed by atoms with E-state index in [0.717, 1.165) is 44.5 Å². The zero-order valence-corrected chi connectivity index (χ0v) is 19.9. The molecular formula is C23H42N4O2. The first-order valence-electron chi connectivity index (χ1n) is 11.2. The first-order chi connectivity index (χ1) is 13.3. The lowest BCUT2D eigenvalue weighted by atomic mass is 9.79. The van der Waals surface area contributed by atoms with Crippen LogP contribution in [0.25, 0.3) is 0 Å². The number of piperidine rings is 1. The van der Waals surface area contributed by atoms with Crippen LogP contribution in [0.15, 0.2) is 4.52 Å². The molecule has 166 valence electrons. The SMILES string of the molecule is CCCCN(C(=O)CCCc1nc(C(C)(C)C)no1)C1CC(C)(C)NC(C)(C)C1. The zero-order chi connectivity index (χ0) is 21.9. The van der Waals surface area contributed by atoms with Gasteiger partial charge in [0.25, 0.3) is 0 Å². The van der Waals surface area contributed by atoms with Crippen molar-refractivity contribution < 1.29 is 9.32 Å². The van der Waals surface area contributed by atoms with Crippen LogP contribution in [-0.2, 0) is 16.6 Å². The van der Waals surface area contributed by atoms with Gasteiger partial charge in [-0.25, -0.2) is 0 Å². The maximum absolute atomic E-state index is 13.2. The number of aryl methyl sites for hydroxylation is 1. The van der Waals surface area contributed by atoms with Crippen LogP contribution in [-0.4, -0.2) is 44.6 Å². The highest BCUT2D eigenvalue weighted by Crippen LogP contribution is 2.32. The van der Waals surface area contributed by atoms with E-state index in [1.807, 2.05) is 0 Å². The highest BCUT2D eigenvalue weighted by molar-refractivity contribution is 5.76. The quantitative estimate of drug-likeness (QED) is 0.681. The molecule has 1 amide bonds. The van der Waals surface area contributed by atoms with Gasteiger partial charge < -0.3 is 14.7 Å². The second kappa shape index (κ2) is 9.15. The number of hydrogen-bond donors (Lipinski definition) is 1. The van der Waals surface area contributed by atoms with E-state index < -0.39 is 0 Å². The molecule has 0 saturated carbocycles. The smallest absolute Gasteiger partial charge is 0.226 e. The molecule has 29 heavy (non-hydrogen) atoms. The molecule has 2 rings (SSSR count). The normalized spacial score (nSPS) is 19.3. The third-order valence-corrected chi connectivity index (χ3v) is 5.60. The summed E-state index contributed by atoms with van der Waals surface area (Å²) in [5.74, 6) is 1.61. The molecule has 1 aromatic heterocycles. The average molecular weight is 407 g/mol. The molecule has 1 fully saturated rings. The van der Waals surface area contributed by atoms with Crippen LogP contribution in [0.3, 0.4) is 0 Å². The first-order valence-corrected chi connectivity index (χ1v) is 11.2. The molecule has 1 aromatic rings. The number of carbonyl (C=O) groups excluding carboxylic acids is 1. The summed E-state index contributed by atoms with van der Waals surface area (Å²) < 4.78 is 5.37. The number of hydrogen-bond acceptors (Lipinski definition) is 5. The summed E-state index contributed by atoms with van der Waals surface area (Å²) in [6, 6.07) is 0.288. The molecule has 0 radical (unpaired) electrons. The lowest BCUT2D eigenvalue weighted by Crippen LogP contribution is -2.62. The number of unbranched alkanes of at least 4 members (excludes halogenated alkanes) is 1. The van der Waals surface area contributed by atoms with Crippen molar-refractivity contribution in [2.75, 3.05) is 6.54 Å². The molecule has 0 aromatic carbocycles. The van der Waals surface area contributed by atoms with Gasteiger partial charge in [-0.3, -0.25) is 4.79 Å². The Labute approximate surface area is 177 Å². The lowest BCUT2D eigenvalue weighted by molar-refractivity contribution is -0.135. The Morgan fingerprint density at radius 1 is 1.17 bits per heavy atom. The number of nitrogens with one attached hydrogen (secondary N) is 1. The van der Waals surface area contributed by atoms with Crippen molar-refractivity contribution in [1.29, 1.82) is 0 Å². The summed E-state index contributed by atoms with van der Waals surface area (Å²) >= 11 is 0. The molecule has 6 nitrogen and oxygen atoms in total. The molecule has 0 atom stereocenters. The van der Waals surface area contributed by atoms with E-state index in [0.29, 0.717) is 18.7 Å². The number of rotatable bonds is 8. The van der Waals surface area contributed by atoms with Crippen molar-refractivity contribution in [3.8, 4) is 0 Å². The molecule has 1 N–H and O–H groups in total. The predicted octanol–water partition coefficient (Wildman–Crippen LogP) is 4.63. The summed E-state index contributed by atoms with van der Waals surface area (Å²) in [5.41, 5.74) is -0.0578. The Bertz CT molecular complexity index is 657. The second-order valence-electron chi connectivity index (χ2n) is 11.0. The van der Waals surface area contributed by atoms with E-state index in [1.165, 1.54) is 0 Å². The first kappa shape index (κ1) is 23.8. The van der Waals surface area contributed by atoms with E-state index in [9.17, 15) is 4.79 Å². The third-order valence-electron chi connectivity index (χ3n) is 5.60. The Hall–Kier alpha value is -1.43. The van der Waals surface area contributed by atoms with Gasteiger partial charge in [-0.15, -0.1) is 0 Å². The maximum atomic E-state index is 13.2. The second-order valence-corrected chi connectivity index (χ2v) is 11.0. The standard InChI is InChI=1S/C23H42N4O2/c1-9-10-14-27(17-15-22(5,6)26-23(7,8)16-17)19(28)13-11-12-18-24-20(25-29-18)21(2,3)4/h17,26H,9-16H2,1-8H3. The van der Waals surface area contributed by atoms with E-state index in [-0.39, 0.29) is 28.4 Å². The number of nitrogens with zero attached hydrogens (tertiary/aromatic N) is 3. The molecule has 0 unspecified atom stereocenters. The van der Waals surface area contributed by atoms with Crippen molar-refractivity contribution in [2.45, 2.75) is 123 Å². The average Bonchev–Trinajstić information content (AvgIpc) is 3.01. The van der Waals surface area contributed by atoms with Crippen LogP contribution in [0.5, 0.6) is 0 Å². The molecule has 0 bridgehead atoms. The van der Waals surface area contributed by atoms with Crippen molar-refractivity contribution in [3.63, 3.8) is 0 Å². The van der Waals surface area contributed by atoms with Crippen LogP contribution < -0.4 is 5.32 Å². The van der Waals surface area contributed by atoms with Gasteiger partial charge in [0.1, 0.15) is 0 Å². The fourth-order valence-electron chi connectivity index (χ4n) is 4.52. The van der Waals surface area contributed by atoms with E-state index in [1.54, 1.807) is 0 Å². The minimum absolute atomic E-state index is 0.0320. The highest BCUT2D eigenvalue weighted by Gasteiger charge is 2.40. The van der Waals surface area contributed by atoms with E-state index in [2.05, 4.69) is 75.7 Å². The minimum Gasteiger partial charge on any atom is -0.340 e. The molecule has 0 aliphatic carbocycles. The molecule has 1 aliphatic heterocycles. The van der Waals surface area contributed by atoms with Crippen molar-refractivity contribution in [1.82, 2.24) is 20.4 Å². The van der Waals surface area contributed by atoms with Gasteiger partial charge in [0, 0.05) is 41.9 Å². The summed E-state index contributed by atoms with van der Waals surface area (Å²) in [5, 5.41) is 7.80. The summed E-state index contributed by atoms with van der Waals surface area (Å²) in [4.78, 5) is 19.8. The van der Waals surface area contributed by atoms with Gasteiger partial charge in [-0.05, 0) is 53.4 Å². The summed E-state index contributed by atoms with van der Waals surface area (Å²) in [6.07, 6.45) is 6.05. The van der Waals surface area contributed by atoms with E-state index in [4.69, 9.17) is 4.52 Å². The molecule has 1 saturated heterocycles. The minimum atomic E-state index is -0.122. The predicted molar refractivity (Wildman–Crippen MR) is 117 cm³/mol. The van der Waals surface area contributed by atoms with Crippen molar-refractivity contribution >= 4 is 5.91 Å². The van der Waals surface area contributed by atoms with Gasteiger partial charge in [-0.1, -0.05) is 39.3 Å². The van der Waals surface area contributed by atoms with Crippen LogP contribution in [0.2, 0.25) is 0 Å². The van der Waals surface area contributed by atoms with Gasteiger partial charge in [0.15, 0.2) is 5.82 Å². The van der Waals surface area contributed by atoms with Crippen molar-refractivity contribution in [3.05, 3.63) is 11.7 Å². The molecule has 6 heteroatoms. The highest BCUT2D eigenvalue weighted by atomic mass is 16.5. The Morgan fingerprint density at radius 3 is 2.31 bits per heavy atom.